The number of rotatable bonds is 6. The topological polar surface area (TPSA) is 79.4 Å². The lowest BCUT2D eigenvalue weighted by Gasteiger charge is -2.45. The Labute approximate surface area is 212 Å². The van der Waals surface area contributed by atoms with E-state index in [4.69, 9.17) is 21.1 Å². The molecule has 4 atom stereocenters. The Morgan fingerprint density at radius 2 is 1.74 bits per heavy atom. The fraction of sp³-hybridized carbons (Fsp3) is 0.720. The van der Waals surface area contributed by atoms with Crippen molar-refractivity contribution in [2.75, 3.05) is 32.8 Å². The first-order valence-electron chi connectivity index (χ1n) is 12.9. The lowest BCUT2D eigenvalue weighted by molar-refractivity contribution is -0.0795. The van der Waals surface area contributed by atoms with Crippen LogP contribution in [0.15, 0.2) is 29.2 Å². The monoisotopic (exact) mass is 523 g/mol. The van der Waals surface area contributed by atoms with E-state index >= 15 is 0 Å². The predicted octanol–water partition coefficient (Wildman–Crippen LogP) is 3.35. The Morgan fingerprint density at radius 3 is 2.31 bits per heavy atom. The summed E-state index contributed by atoms with van der Waals surface area (Å²) in [5.74, 6) is 0.282. The number of carbonyl (C=O) groups is 1. The number of ether oxygens (including phenoxy) is 2. The zero-order valence-corrected chi connectivity index (χ0v) is 21.7. The summed E-state index contributed by atoms with van der Waals surface area (Å²) in [7, 11) is -3.82. The summed E-state index contributed by atoms with van der Waals surface area (Å²) in [5, 5.41) is 0.492. The maximum atomic E-state index is 14.0. The van der Waals surface area contributed by atoms with Crippen LogP contribution in [0.3, 0.4) is 0 Å². The van der Waals surface area contributed by atoms with E-state index in [1.165, 1.54) is 0 Å². The number of fused-ring (bicyclic) bond motifs is 2. The van der Waals surface area contributed by atoms with Gasteiger partial charge in [-0.25, -0.2) is 13.2 Å². The number of hydrogen-bond acceptors (Lipinski definition) is 6. The van der Waals surface area contributed by atoms with Crippen LogP contribution in [0.25, 0.3) is 0 Å². The zero-order chi connectivity index (χ0) is 24.4. The largest absolute Gasteiger partial charge is 0.441 e. The van der Waals surface area contributed by atoms with E-state index in [-0.39, 0.29) is 41.6 Å². The molecule has 0 radical (unpaired) electrons. The van der Waals surface area contributed by atoms with Gasteiger partial charge in [0.25, 0.3) is 0 Å². The predicted molar refractivity (Wildman–Crippen MR) is 131 cm³/mol. The van der Waals surface area contributed by atoms with Crippen LogP contribution in [-0.4, -0.2) is 91.2 Å². The Kier molecular flexibility index (Phi) is 6.08. The molecule has 2 unspecified atom stereocenters. The fourth-order valence-corrected chi connectivity index (χ4v) is 8.39. The first-order chi connectivity index (χ1) is 16.8. The first kappa shape index (κ1) is 24.0. The number of piperazine rings is 1. The molecule has 3 saturated heterocycles. The molecule has 2 aliphatic carbocycles. The van der Waals surface area contributed by atoms with Gasteiger partial charge in [0.1, 0.15) is 5.60 Å². The van der Waals surface area contributed by atoms with Gasteiger partial charge >= 0.3 is 6.09 Å². The fourth-order valence-electron chi connectivity index (χ4n) is 6.36. The third-order valence-electron chi connectivity index (χ3n) is 8.61. The van der Waals surface area contributed by atoms with E-state index in [1.54, 1.807) is 28.6 Å². The maximum absolute atomic E-state index is 14.0. The molecule has 3 aliphatic heterocycles. The number of likely N-dealkylation sites (N-methyl/N-ethyl adjacent to an activating group) is 1. The van der Waals surface area contributed by atoms with Gasteiger partial charge in [0.05, 0.1) is 30.2 Å². The van der Waals surface area contributed by atoms with E-state index in [0.29, 0.717) is 24.5 Å². The molecule has 0 spiro atoms. The molecule has 1 aromatic carbocycles. The van der Waals surface area contributed by atoms with Crippen LogP contribution in [0.5, 0.6) is 0 Å². The molecule has 3 heterocycles. The molecular formula is C25H34ClN3O5S. The van der Waals surface area contributed by atoms with Crippen molar-refractivity contribution in [2.45, 2.75) is 80.1 Å². The minimum absolute atomic E-state index is 0.174. The second kappa shape index (κ2) is 8.87. The maximum Gasteiger partial charge on any atom is 0.410 e. The number of carbonyl (C=O) groups excluding carboxylic acids is 1. The molecule has 10 heteroatoms. The molecule has 8 nitrogen and oxygen atoms in total. The molecular weight excluding hydrogens is 490 g/mol. The quantitative estimate of drug-likeness (QED) is 0.569. The van der Waals surface area contributed by atoms with Crippen molar-refractivity contribution in [1.82, 2.24) is 14.1 Å². The molecule has 0 aromatic heterocycles. The molecule has 0 N–H and O–H groups in total. The summed E-state index contributed by atoms with van der Waals surface area (Å²) >= 11 is 6.03. The lowest BCUT2D eigenvalue weighted by atomic mass is 10.0. The Hall–Kier alpha value is -1.39. The van der Waals surface area contributed by atoms with Gasteiger partial charge in [-0.15, -0.1) is 0 Å². The molecule has 6 rings (SSSR count). The summed E-state index contributed by atoms with van der Waals surface area (Å²) in [6, 6.07) is 5.91. The van der Waals surface area contributed by atoms with Crippen molar-refractivity contribution in [2.24, 2.45) is 5.92 Å². The third-order valence-corrected chi connectivity index (χ3v) is 10.8. The standard InChI is InChI=1S/C25H34ClN3O5S/c1-2-27-13-19-7-8-20(14-27)28(19)24(30)34-25(11-12-25)23-16-33-15-22(17-3-4-17)29(23)35(31,32)21-9-5-18(26)6-10-21/h5-6,9-10,17,19-20,22-23H,2-4,7-8,11-16H2,1H3/t19?,20?,22-,23+/m0/s1. The summed E-state index contributed by atoms with van der Waals surface area (Å²) < 4.78 is 41.8. The minimum atomic E-state index is -3.82. The molecule has 5 fully saturated rings. The van der Waals surface area contributed by atoms with Crippen molar-refractivity contribution in [3.05, 3.63) is 29.3 Å². The van der Waals surface area contributed by atoms with Gasteiger partial charge in [0, 0.05) is 30.2 Å². The van der Waals surface area contributed by atoms with E-state index in [2.05, 4.69) is 11.8 Å². The number of sulfonamides is 1. The van der Waals surface area contributed by atoms with Gasteiger partial charge < -0.3 is 9.47 Å². The molecule has 5 aliphatic rings. The third kappa shape index (κ3) is 4.27. The summed E-state index contributed by atoms with van der Waals surface area (Å²) in [6.45, 7) is 5.51. The Balaban J connectivity index is 1.27. The van der Waals surface area contributed by atoms with Gasteiger partial charge in [-0.2, -0.15) is 4.31 Å². The normalized spacial score (nSPS) is 33.0. The second-order valence-corrected chi connectivity index (χ2v) is 13.1. The van der Waals surface area contributed by atoms with Gasteiger partial charge in [0.15, 0.2) is 0 Å². The molecule has 1 aromatic rings. The van der Waals surface area contributed by atoms with E-state index in [0.717, 1.165) is 45.3 Å². The van der Waals surface area contributed by atoms with Crippen molar-refractivity contribution < 1.29 is 22.7 Å². The average Bonchev–Trinajstić information content (AvgIpc) is 3.77. The van der Waals surface area contributed by atoms with Crippen LogP contribution in [0.1, 0.15) is 45.4 Å². The van der Waals surface area contributed by atoms with Crippen molar-refractivity contribution in [3.8, 4) is 0 Å². The van der Waals surface area contributed by atoms with Crippen LogP contribution in [0.4, 0.5) is 4.79 Å². The Bertz CT molecular complexity index is 1060. The van der Waals surface area contributed by atoms with Crippen LogP contribution in [0.2, 0.25) is 5.02 Å². The Morgan fingerprint density at radius 1 is 1.09 bits per heavy atom. The van der Waals surface area contributed by atoms with E-state index in [9.17, 15) is 13.2 Å². The molecule has 1 amide bonds. The number of morpholine rings is 1. The highest BCUT2D eigenvalue weighted by atomic mass is 35.5. The SMILES string of the molecule is CCN1CC2CCC(C1)N2C(=O)OC1([C@H]2COC[C@@H](C3CC3)N2S(=O)(=O)c2ccc(Cl)cc2)CC1. The van der Waals surface area contributed by atoms with Crippen LogP contribution >= 0.6 is 11.6 Å². The minimum Gasteiger partial charge on any atom is -0.441 e. The molecule has 192 valence electrons. The van der Waals surface area contributed by atoms with Crippen LogP contribution in [0, 0.1) is 5.92 Å². The summed E-state index contributed by atoms with van der Waals surface area (Å²) in [6.07, 6.45) is 4.99. The lowest BCUT2D eigenvalue weighted by Crippen LogP contribution is -2.62. The highest BCUT2D eigenvalue weighted by Gasteiger charge is 2.62. The average molecular weight is 524 g/mol. The molecule has 2 saturated carbocycles. The number of amides is 1. The first-order valence-corrected chi connectivity index (χ1v) is 14.7. The molecule has 35 heavy (non-hydrogen) atoms. The van der Waals surface area contributed by atoms with Crippen LogP contribution in [-0.2, 0) is 19.5 Å². The number of halogens is 1. The van der Waals surface area contributed by atoms with Crippen LogP contribution < -0.4 is 0 Å². The summed E-state index contributed by atoms with van der Waals surface area (Å²) in [4.78, 5) is 18.1. The van der Waals surface area contributed by atoms with Crippen molar-refractivity contribution in [3.63, 3.8) is 0 Å². The van der Waals surface area contributed by atoms with Gasteiger partial charge in [-0.1, -0.05) is 18.5 Å². The van der Waals surface area contributed by atoms with E-state index < -0.39 is 21.7 Å². The van der Waals surface area contributed by atoms with Crippen molar-refractivity contribution in [1.29, 1.82) is 0 Å². The number of nitrogens with zero attached hydrogens (tertiary/aromatic N) is 3. The summed E-state index contributed by atoms with van der Waals surface area (Å²) in [5.41, 5.74) is -0.828. The number of benzene rings is 1. The zero-order valence-electron chi connectivity index (χ0n) is 20.1. The van der Waals surface area contributed by atoms with Gasteiger partial charge in [-0.05, 0) is 75.3 Å². The highest BCUT2D eigenvalue weighted by Crippen LogP contribution is 2.51. The number of likely N-dealkylation sites (tertiary alicyclic amines) is 1. The smallest absolute Gasteiger partial charge is 0.410 e. The molecule has 2 bridgehead atoms. The number of hydrogen-bond donors (Lipinski definition) is 0. The highest BCUT2D eigenvalue weighted by molar-refractivity contribution is 7.89. The van der Waals surface area contributed by atoms with E-state index in [1.807, 2.05) is 4.90 Å². The van der Waals surface area contributed by atoms with Gasteiger partial charge in [-0.3, -0.25) is 9.80 Å². The van der Waals surface area contributed by atoms with Gasteiger partial charge in [0.2, 0.25) is 10.0 Å². The van der Waals surface area contributed by atoms with Crippen molar-refractivity contribution >= 4 is 27.7 Å². The second-order valence-electron chi connectivity index (χ2n) is 10.8.